The predicted molar refractivity (Wildman–Crippen MR) is 89.5 cm³/mol. The van der Waals surface area contributed by atoms with Gasteiger partial charge in [-0.3, -0.25) is 0 Å². The molecule has 0 saturated carbocycles. The summed E-state index contributed by atoms with van der Waals surface area (Å²) in [6, 6.07) is 0. The molecule has 0 aromatic heterocycles. The molecule has 0 spiro atoms. The summed E-state index contributed by atoms with van der Waals surface area (Å²) in [4.78, 5) is 0. The van der Waals surface area contributed by atoms with E-state index in [1.807, 2.05) is 0 Å². The molecule has 0 bridgehead atoms. The van der Waals surface area contributed by atoms with E-state index in [0.29, 0.717) is 0 Å². The van der Waals surface area contributed by atoms with Gasteiger partial charge in [0.1, 0.15) is 17.3 Å². The van der Waals surface area contributed by atoms with Gasteiger partial charge >= 0.3 is 33.0 Å². The molecular weight excluding hydrogens is 345 g/mol. The normalized spacial score (nSPS) is 15.0. The monoisotopic (exact) mass is 376 g/mol. The van der Waals surface area contributed by atoms with E-state index in [1.165, 1.54) is 68.6 Å². The first kappa shape index (κ1) is 24.6. The first-order valence-electron chi connectivity index (χ1n) is 8.00. The van der Waals surface area contributed by atoms with Crippen LogP contribution >= 0.6 is 7.81 Å². The van der Waals surface area contributed by atoms with Gasteiger partial charge in [0.2, 0.25) is 0 Å². The molecule has 0 N–H and O–H groups in total. The van der Waals surface area contributed by atoms with Crippen molar-refractivity contribution in [2.75, 3.05) is 17.3 Å². The maximum atomic E-state index is 9.87. The number of hydrogen-bond donors (Lipinski definition) is 0. The molecule has 0 saturated heterocycles. The minimum atomic E-state index is -10.7. The van der Waals surface area contributed by atoms with Gasteiger partial charge in [-0.25, -0.2) is 0 Å². The second-order valence-corrected chi connectivity index (χ2v) is 9.82. The topological polar surface area (TPSA) is 0 Å². The molecule has 0 heterocycles. The zero-order valence-electron chi connectivity index (χ0n) is 13.9. The molecule has 8 heteroatoms. The van der Waals surface area contributed by atoms with E-state index in [9.17, 15) is 25.2 Å². The van der Waals surface area contributed by atoms with Gasteiger partial charge in [-0.15, -0.1) is 0 Å². The van der Waals surface area contributed by atoms with Crippen molar-refractivity contribution in [3.05, 3.63) is 0 Å². The quantitative estimate of drug-likeness (QED) is 0.148. The van der Waals surface area contributed by atoms with E-state index < -0.39 is 7.81 Å². The molecule has 0 atom stereocenters. The average Bonchev–Trinajstić information content (AvgIpc) is 2.32. The van der Waals surface area contributed by atoms with Gasteiger partial charge in [0, 0.05) is 0 Å². The molecule has 0 aliphatic heterocycles. The van der Waals surface area contributed by atoms with Crippen molar-refractivity contribution in [1.29, 1.82) is 0 Å². The van der Waals surface area contributed by atoms with Crippen molar-refractivity contribution in [1.82, 2.24) is 0 Å². The fourth-order valence-corrected chi connectivity index (χ4v) is 4.30. The standard InChI is InChI=1S/C14H31S.F6P/c1-4-7-10-13-15(12-9-6-3)14-11-8-5-2;1-7(2,3,4,5)6/h4-14H2,1-3H3;/q+1;-1. The Morgan fingerprint density at radius 2 is 0.818 bits per heavy atom. The van der Waals surface area contributed by atoms with Crippen LogP contribution in [0.4, 0.5) is 25.2 Å². The van der Waals surface area contributed by atoms with E-state index in [2.05, 4.69) is 20.8 Å². The van der Waals surface area contributed by atoms with E-state index in [0.717, 1.165) is 10.9 Å². The summed E-state index contributed by atoms with van der Waals surface area (Å²) in [5.74, 6) is 4.57. The molecule has 0 aliphatic carbocycles. The summed E-state index contributed by atoms with van der Waals surface area (Å²) in [7, 11) is -9.88. The van der Waals surface area contributed by atoms with Crippen molar-refractivity contribution >= 4 is 18.7 Å². The Bertz CT molecular complexity index is 242. The Balaban J connectivity index is 0. The second-order valence-electron chi connectivity index (χ2n) is 5.45. The molecule has 0 aromatic rings. The van der Waals surface area contributed by atoms with Crippen LogP contribution in [0.3, 0.4) is 0 Å². The number of unbranched alkanes of at least 4 members (excludes halogenated alkanes) is 5. The first-order chi connectivity index (χ1) is 9.80. The maximum absolute atomic E-state index is 10.7. The zero-order chi connectivity index (χ0) is 17.8. The Labute approximate surface area is 134 Å². The molecule has 140 valence electrons. The third-order valence-electron chi connectivity index (χ3n) is 2.86. The number of rotatable bonds is 11. The predicted octanol–water partition coefficient (Wildman–Crippen LogP) is 8.17. The summed E-state index contributed by atoms with van der Waals surface area (Å²) in [5, 5.41) is 0. The van der Waals surface area contributed by atoms with Gasteiger partial charge < -0.3 is 0 Å². The molecule has 22 heavy (non-hydrogen) atoms. The van der Waals surface area contributed by atoms with Crippen molar-refractivity contribution in [2.24, 2.45) is 0 Å². The Morgan fingerprint density at radius 1 is 0.545 bits per heavy atom. The van der Waals surface area contributed by atoms with Crippen molar-refractivity contribution in [3.63, 3.8) is 0 Å². The molecule has 0 radical (unpaired) electrons. The first-order valence-corrected chi connectivity index (χ1v) is 11.8. The Kier molecular flexibility index (Phi) is 11.5. The second kappa shape index (κ2) is 10.3. The molecule has 0 nitrogen and oxygen atoms in total. The molecule has 0 aliphatic rings. The molecule has 0 fully saturated rings. The number of hydrogen-bond acceptors (Lipinski definition) is 0. The minimum absolute atomic E-state index is 0.773. The SMILES string of the molecule is CCCCC[S+](CCCC)CCCCC.F[P-](F)(F)(F)(F)F. The summed E-state index contributed by atoms with van der Waals surface area (Å²) in [6.07, 6.45) is 11.4. The summed E-state index contributed by atoms with van der Waals surface area (Å²) >= 11 is 0. The van der Waals surface area contributed by atoms with Gasteiger partial charge in [0.25, 0.3) is 0 Å². The van der Waals surface area contributed by atoms with Gasteiger partial charge in [-0.2, -0.15) is 0 Å². The van der Waals surface area contributed by atoms with Crippen molar-refractivity contribution in [2.45, 2.75) is 72.1 Å². The van der Waals surface area contributed by atoms with Crippen LogP contribution in [-0.2, 0) is 10.9 Å². The number of halogens is 6. The summed E-state index contributed by atoms with van der Waals surface area (Å²) in [6.45, 7) is 6.93. The van der Waals surface area contributed by atoms with Crippen LogP contribution in [0.1, 0.15) is 72.1 Å². The van der Waals surface area contributed by atoms with Crippen LogP contribution in [0, 0.1) is 0 Å². The zero-order valence-corrected chi connectivity index (χ0v) is 15.6. The summed E-state index contributed by atoms with van der Waals surface area (Å²) in [5.41, 5.74) is 0. The average molecular weight is 376 g/mol. The van der Waals surface area contributed by atoms with Gasteiger partial charge in [-0.1, -0.05) is 40.0 Å². The van der Waals surface area contributed by atoms with Gasteiger partial charge in [0.15, 0.2) is 0 Å². The van der Waals surface area contributed by atoms with Crippen LogP contribution in [0.15, 0.2) is 0 Å². The third kappa shape index (κ3) is 37.0. The van der Waals surface area contributed by atoms with Crippen LogP contribution in [0.25, 0.3) is 0 Å². The van der Waals surface area contributed by atoms with E-state index in [-0.39, 0.29) is 0 Å². The van der Waals surface area contributed by atoms with E-state index in [1.54, 1.807) is 0 Å². The molecule has 0 unspecified atom stereocenters. The fourth-order valence-electron chi connectivity index (χ4n) is 1.77. The van der Waals surface area contributed by atoms with Crippen LogP contribution < -0.4 is 0 Å². The molecule has 0 aromatic carbocycles. The molecular formula is C14H31F6PS. The van der Waals surface area contributed by atoms with Crippen molar-refractivity contribution in [3.8, 4) is 0 Å². The Hall–Kier alpha value is 0.360. The van der Waals surface area contributed by atoms with Crippen LogP contribution in [0.2, 0.25) is 0 Å². The van der Waals surface area contributed by atoms with Gasteiger partial charge in [0.05, 0.1) is 0 Å². The summed E-state index contributed by atoms with van der Waals surface area (Å²) < 4.78 is 59.2. The molecule has 0 amide bonds. The van der Waals surface area contributed by atoms with Gasteiger partial charge in [-0.05, 0) is 43.0 Å². The van der Waals surface area contributed by atoms with E-state index in [4.69, 9.17) is 0 Å². The third-order valence-corrected chi connectivity index (χ3v) is 5.46. The van der Waals surface area contributed by atoms with E-state index >= 15 is 0 Å². The van der Waals surface area contributed by atoms with Crippen LogP contribution in [0.5, 0.6) is 0 Å². The van der Waals surface area contributed by atoms with Crippen molar-refractivity contribution < 1.29 is 25.2 Å². The van der Waals surface area contributed by atoms with Crippen LogP contribution in [-0.4, -0.2) is 17.3 Å². The fraction of sp³-hybridized carbons (Fsp3) is 1.00. The Morgan fingerprint density at radius 3 is 1.09 bits per heavy atom. The molecule has 0 rings (SSSR count).